The van der Waals surface area contributed by atoms with Crippen molar-refractivity contribution in [1.29, 1.82) is 0 Å². The Hall–Kier alpha value is -2.05. The van der Waals surface area contributed by atoms with Gasteiger partial charge in [-0.1, -0.05) is 0 Å². The van der Waals surface area contributed by atoms with E-state index in [-0.39, 0.29) is 18.7 Å². The van der Waals surface area contributed by atoms with Gasteiger partial charge in [0.25, 0.3) is 5.91 Å². The van der Waals surface area contributed by atoms with Crippen molar-refractivity contribution >= 4 is 11.6 Å². The summed E-state index contributed by atoms with van der Waals surface area (Å²) in [7, 11) is 0. The van der Waals surface area contributed by atoms with E-state index in [0.717, 1.165) is 5.56 Å². The van der Waals surface area contributed by atoms with Crippen LogP contribution in [-0.2, 0) is 0 Å². The number of likely N-dealkylation sites (tertiary alicyclic amines) is 1. The Bertz CT molecular complexity index is 708. The molecule has 1 atom stereocenters. The molecule has 2 aromatic rings. The maximum Gasteiger partial charge on any atom is 0.393 e. The molecule has 0 spiro atoms. The summed E-state index contributed by atoms with van der Waals surface area (Å²) in [5.41, 5.74) is 1.81. The number of aromatic nitrogens is 2. The van der Waals surface area contributed by atoms with Crippen LogP contribution in [0.1, 0.15) is 28.9 Å². The van der Waals surface area contributed by atoms with Crippen LogP contribution in [0.4, 0.5) is 13.2 Å². The lowest BCUT2D eigenvalue weighted by atomic mass is 9.97. The first-order valence-electron chi connectivity index (χ1n) is 7.16. The smallest absolute Gasteiger partial charge is 0.337 e. The summed E-state index contributed by atoms with van der Waals surface area (Å²) in [6.45, 7) is 1.97. The van der Waals surface area contributed by atoms with E-state index >= 15 is 0 Å². The molecule has 1 unspecified atom stereocenters. The molecule has 1 aliphatic heterocycles. The van der Waals surface area contributed by atoms with E-state index in [1.54, 1.807) is 16.8 Å². The molecule has 1 amide bonds. The molecule has 0 saturated carbocycles. The highest BCUT2D eigenvalue weighted by Gasteiger charge is 2.42. The third kappa shape index (κ3) is 2.80. The minimum atomic E-state index is -4.25. The molecule has 1 fully saturated rings. The molecule has 0 N–H and O–H groups in total. The maximum atomic E-state index is 12.8. The normalized spacial score (nSPS) is 19.6. The standard InChI is InChI=1S/C15H16F3N3O/c1-10-4-6-20-9-12(19-13(20)7-10)14(22)21-5-2-3-11(8-21)15(16,17)18/h4,6-7,9,11H,2-3,5,8H2,1H3. The van der Waals surface area contributed by atoms with E-state index in [0.29, 0.717) is 18.6 Å². The largest absolute Gasteiger partial charge is 0.393 e. The molecule has 1 saturated heterocycles. The summed E-state index contributed by atoms with van der Waals surface area (Å²) in [5, 5.41) is 0. The number of aryl methyl sites for hydroxylation is 1. The first-order chi connectivity index (χ1) is 10.3. The van der Waals surface area contributed by atoms with E-state index in [1.165, 1.54) is 4.90 Å². The lowest BCUT2D eigenvalue weighted by Gasteiger charge is -2.33. The quantitative estimate of drug-likeness (QED) is 0.812. The summed E-state index contributed by atoms with van der Waals surface area (Å²) in [6, 6.07) is 3.70. The molecule has 7 heteroatoms. The highest BCUT2D eigenvalue weighted by atomic mass is 19.4. The number of carbonyl (C=O) groups is 1. The highest BCUT2D eigenvalue weighted by molar-refractivity contribution is 5.93. The fraction of sp³-hybridized carbons (Fsp3) is 0.467. The molecule has 0 radical (unpaired) electrons. The SMILES string of the molecule is Cc1ccn2cc(C(=O)N3CCCC(C(F)(F)F)C3)nc2c1. The van der Waals surface area contributed by atoms with Gasteiger partial charge in [0.15, 0.2) is 0 Å². The van der Waals surface area contributed by atoms with E-state index < -0.39 is 18.0 Å². The predicted octanol–water partition coefficient (Wildman–Crippen LogP) is 3.06. The lowest BCUT2D eigenvalue weighted by molar-refractivity contribution is -0.184. The van der Waals surface area contributed by atoms with Gasteiger partial charge in [0.2, 0.25) is 0 Å². The summed E-state index contributed by atoms with van der Waals surface area (Å²) >= 11 is 0. The van der Waals surface area contributed by atoms with Gasteiger partial charge in [-0.15, -0.1) is 0 Å². The average molecular weight is 311 g/mol. The van der Waals surface area contributed by atoms with Crippen LogP contribution in [0.15, 0.2) is 24.5 Å². The zero-order chi connectivity index (χ0) is 15.9. The lowest BCUT2D eigenvalue weighted by Crippen LogP contribution is -2.44. The summed E-state index contributed by atoms with van der Waals surface area (Å²) in [6.07, 6.45) is -0.466. The number of alkyl halides is 3. The Morgan fingerprint density at radius 3 is 2.91 bits per heavy atom. The van der Waals surface area contributed by atoms with Gasteiger partial charge in [0.05, 0.1) is 5.92 Å². The molecule has 3 heterocycles. The number of hydrogen-bond acceptors (Lipinski definition) is 2. The Balaban J connectivity index is 1.82. The van der Waals surface area contributed by atoms with Gasteiger partial charge in [-0.2, -0.15) is 13.2 Å². The number of amides is 1. The Kier molecular flexibility index (Phi) is 3.58. The second-order valence-electron chi connectivity index (χ2n) is 5.73. The van der Waals surface area contributed by atoms with Crippen LogP contribution in [0.2, 0.25) is 0 Å². The molecule has 0 aliphatic carbocycles. The molecule has 1 aliphatic rings. The molecule has 22 heavy (non-hydrogen) atoms. The highest BCUT2D eigenvalue weighted by Crippen LogP contribution is 2.33. The Labute approximate surface area is 125 Å². The number of hydrogen-bond donors (Lipinski definition) is 0. The van der Waals surface area contributed by atoms with E-state index in [1.807, 2.05) is 19.1 Å². The van der Waals surface area contributed by atoms with Gasteiger partial charge in [0.1, 0.15) is 11.3 Å². The van der Waals surface area contributed by atoms with Gasteiger partial charge in [0, 0.05) is 25.5 Å². The van der Waals surface area contributed by atoms with Crippen LogP contribution < -0.4 is 0 Å². The van der Waals surface area contributed by atoms with Crippen molar-refractivity contribution in [1.82, 2.24) is 14.3 Å². The molecular weight excluding hydrogens is 295 g/mol. The van der Waals surface area contributed by atoms with Gasteiger partial charge in [-0.3, -0.25) is 4.79 Å². The number of nitrogens with zero attached hydrogens (tertiary/aromatic N) is 3. The van der Waals surface area contributed by atoms with Crippen LogP contribution >= 0.6 is 0 Å². The first kappa shape index (κ1) is 14.9. The zero-order valence-corrected chi connectivity index (χ0v) is 12.1. The predicted molar refractivity (Wildman–Crippen MR) is 74.6 cm³/mol. The van der Waals surface area contributed by atoms with Gasteiger partial charge in [-0.25, -0.2) is 4.98 Å². The fourth-order valence-electron chi connectivity index (χ4n) is 2.78. The van der Waals surface area contributed by atoms with E-state index in [4.69, 9.17) is 0 Å². The molecule has 0 aromatic carbocycles. The number of pyridine rings is 1. The van der Waals surface area contributed by atoms with Crippen molar-refractivity contribution in [2.24, 2.45) is 5.92 Å². The Morgan fingerprint density at radius 1 is 1.41 bits per heavy atom. The summed E-state index contributed by atoms with van der Waals surface area (Å²) < 4.78 is 40.2. The third-order valence-electron chi connectivity index (χ3n) is 4.01. The molecule has 3 rings (SSSR count). The van der Waals surface area contributed by atoms with Crippen molar-refractivity contribution < 1.29 is 18.0 Å². The molecular formula is C15H16F3N3O. The second-order valence-corrected chi connectivity index (χ2v) is 5.73. The van der Waals surface area contributed by atoms with Crippen molar-refractivity contribution in [3.05, 3.63) is 35.8 Å². The van der Waals surface area contributed by atoms with Gasteiger partial charge >= 0.3 is 6.18 Å². The molecule has 2 aromatic heterocycles. The zero-order valence-electron chi connectivity index (χ0n) is 12.1. The van der Waals surface area contributed by atoms with Crippen molar-refractivity contribution in [2.45, 2.75) is 25.9 Å². The number of rotatable bonds is 1. The minimum Gasteiger partial charge on any atom is -0.337 e. The summed E-state index contributed by atoms with van der Waals surface area (Å²) in [5.74, 6) is -1.88. The second kappa shape index (κ2) is 5.30. The van der Waals surface area contributed by atoms with Crippen LogP contribution in [-0.4, -0.2) is 39.5 Å². The Morgan fingerprint density at radius 2 is 2.18 bits per heavy atom. The average Bonchev–Trinajstić information content (AvgIpc) is 2.88. The van der Waals surface area contributed by atoms with Crippen LogP contribution in [0.5, 0.6) is 0 Å². The molecule has 0 bridgehead atoms. The van der Waals surface area contributed by atoms with Crippen LogP contribution in [0.25, 0.3) is 5.65 Å². The number of carbonyl (C=O) groups excluding carboxylic acids is 1. The fourth-order valence-corrected chi connectivity index (χ4v) is 2.78. The number of piperidine rings is 1. The van der Waals surface area contributed by atoms with Crippen molar-refractivity contribution in [3.63, 3.8) is 0 Å². The number of halogens is 3. The number of imidazole rings is 1. The minimum absolute atomic E-state index is 0.0810. The van der Waals surface area contributed by atoms with Gasteiger partial charge < -0.3 is 9.30 Å². The van der Waals surface area contributed by atoms with E-state index in [2.05, 4.69) is 4.98 Å². The maximum absolute atomic E-state index is 12.8. The summed E-state index contributed by atoms with van der Waals surface area (Å²) in [4.78, 5) is 17.9. The van der Waals surface area contributed by atoms with Crippen LogP contribution in [0, 0.1) is 12.8 Å². The molecule has 4 nitrogen and oxygen atoms in total. The van der Waals surface area contributed by atoms with E-state index in [9.17, 15) is 18.0 Å². The van der Waals surface area contributed by atoms with Gasteiger partial charge in [-0.05, 0) is 37.5 Å². The molecule has 118 valence electrons. The van der Waals surface area contributed by atoms with Crippen molar-refractivity contribution in [2.75, 3.05) is 13.1 Å². The first-order valence-corrected chi connectivity index (χ1v) is 7.16. The monoisotopic (exact) mass is 311 g/mol. The topological polar surface area (TPSA) is 37.6 Å². The van der Waals surface area contributed by atoms with Crippen LogP contribution in [0.3, 0.4) is 0 Å². The van der Waals surface area contributed by atoms with Crippen molar-refractivity contribution in [3.8, 4) is 0 Å². The number of fused-ring (bicyclic) bond motifs is 1. The third-order valence-corrected chi connectivity index (χ3v) is 4.01.